The number of hydrogen-bond donors (Lipinski definition) is 1. The third kappa shape index (κ3) is 2.86. The molecule has 0 unspecified atom stereocenters. The van der Waals surface area contributed by atoms with Crippen molar-refractivity contribution in [1.29, 1.82) is 0 Å². The standard InChI is InChI=1S/C11H9FN2O3S/c1-6-13-14-11(17-6)18-5-7-2-3-9(12)8(4-7)10(15)16/h2-4H,5H2,1H3,(H,15,16). The smallest absolute Gasteiger partial charge is 0.338 e. The molecule has 0 aliphatic carbocycles. The van der Waals surface area contributed by atoms with Crippen LogP contribution in [0.4, 0.5) is 4.39 Å². The summed E-state index contributed by atoms with van der Waals surface area (Å²) in [6.07, 6.45) is 0. The number of benzene rings is 1. The van der Waals surface area contributed by atoms with Crippen LogP contribution in [-0.2, 0) is 5.75 Å². The van der Waals surface area contributed by atoms with Crippen LogP contribution in [-0.4, -0.2) is 21.3 Å². The molecule has 1 N–H and O–H groups in total. The summed E-state index contributed by atoms with van der Waals surface area (Å²) in [4.78, 5) is 10.8. The molecule has 0 atom stereocenters. The minimum absolute atomic E-state index is 0.338. The van der Waals surface area contributed by atoms with Gasteiger partial charge in [0.2, 0.25) is 5.89 Å². The van der Waals surface area contributed by atoms with E-state index >= 15 is 0 Å². The van der Waals surface area contributed by atoms with Crippen molar-refractivity contribution >= 4 is 17.7 Å². The molecule has 1 aromatic carbocycles. The van der Waals surface area contributed by atoms with E-state index < -0.39 is 11.8 Å². The molecule has 0 fully saturated rings. The van der Waals surface area contributed by atoms with Crippen LogP contribution < -0.4 is 0 Å². The summed E-state index contributed by atoms with van der Waals surface area (Å²) < 4.78 is 18.3. The number of halogens is 1. The van der Waals surface area contributed by atoms with Crippen molar-refractivity contribution in [2.24, 2.45) is 0 Å². The van der Waals surface area contributed by atoms with Crippen LogP contribution in [0.1, 0.15) is 21.8 Å². The summed E-state index contributed by atoms with van der Waals surface area (Å²) in [7, 11) is 0. The minimum atomic E-state index is -1.28. The minimum Gasteiger partial charge on any atom is -0.478 e. The number of aryl methyl sites for hydroxylation is 1. The second-order valence-corrected chi connectivity index (χ2v) is 4.42. The maximum atomic E-state index is 13.2. The van der Waals surface area contributed by atoms with E-state index in [1.165, 1.54) is 23.9 Å². The van der Waals surface area contributed by atoms with E-state index in [2.05, 4.69) is 10.2 Å². The zero-order valence-electron chi connectivity index (χ0n) is 9.38. The van der Waals surface area contributed by atoms with Crippen molar-refractivity contribution in [3.63, 3.8) is 0 Å². The molecule has 2 aromatic rings. The third-order valence-corrected chi connectivity index (χ3v) is 3.02. The first-order valence-electron chi connectivity index (χ1n) is 5.01. The number of nitrogens with zero attached hydrogens (tertiary/aromatic N) is 2. The van der Waals surface area contributed by atoms with Gasteiger partial charge in [-0.2, -0.15) is 0 Å². The first kappa shape index (κ1) is 12.6. The van der Waals surface area contributed by atoms with Crippen LogP contribution >= 0.6 is 11.8 Å². The molecule has 0 spiro atoms. The fraction of sp³-hybridized carbons (Fsp3) is 0.182. The fourth-order valence-electron chi connectivity index (χ4n) is 1.31. The molecule has 1 heterocycles. The third-order valence-electron chi connectivity index (χ3n) is 2.13. The molecular weight excluding hydrogens is 259 g/mol. The Kier molecular flexibility index (Phi) is 3.61. The molecule has 1 aromatic heterocycles. The number of carboxylic acids is 1. The van der Waals surface area contributed by atoms with Crippen molar-refractivity contribution in [3.8, 4) is 0 Å². The summed E-state index contributed by atoms with van der Waals surface area (Å²) in [6, 6.07) is 3.96. The van der Waals surface area contributed by atoms with E-state index in [-0.39, 0.29) is 5.56 Å². The van der Waals surface area contributed by atoms with Crippen LogP contribution in [0.25, 0.3) is 0 Å². The van der Waals surface area contributed by atoms with Crippen molar-refractivity contribution < 1.29 is 18.7 Å². The van der Waals surface area contributed by atoms with E-state index in [9.17, 15) is 9.18 Å². The van der Waals surface area contributed by atoms with Crippen LogP contribution in [0.2, 0.25) is 0 Å². The first-order valence-corrected chi connectivity index (χ1v) is 5.99. The Morgan fingerprint density at radius 2 is 2.28 bits per heavy atom. The summed E-state index contributed by atoms with van der Waals surface area (Å²) in [5, 5.41) is 16.6. The lowest BCUT2D eigenvalue weighted by atomic mass is 10.1. The van der Waals surface area contributed by atoms with Gasteiger partial charge in [0.1, 0.15) is 5.82 Å². The molecule has 0 aliphatic heterocycles. The zero-order valence-corrected chi connectivity index (χ0v) is 10.2. The molecule has 5 nitrogen and oxygen atoms in total. The van der Waals surface area contributed by atoms with Crippen molar-refractivity contribution in [1.82, 2.24) is 10.2 Å². The van der Waals surface area contributed by atoms with Gasteiger partial charge in [0, 0.05) is 12.7 Å². The Bertz CT molecular complexity index is 585. The van der Waals surface area contributed by atoms with E-state index in [1.807, 2.05) is 0 Å². The van der Waals surface area contributed by atoms with Gasteiger partial charge in [-0.25, -0.2) is 9.18 Å². The normalized spacial score (nSPS) is 10.6. The Balaban J connectivity index is 2.10. The van der Waals surface area contributed by atoms with Crippen molar-refractivity contribution in [2.45, 2.75) is 17.9 Å². The number of hydrogen-bond acceptors (Lipinski definition) is 5. The second kappa shape index (κ2) is 5.18. The molecule has 0 aliphatic rings. The monoisotopic (exact) mass is 268 g/mol. The number of aromatic carboxylic acids is 1. The highest BCUT2D eigenvalue weighted by Crippen LogP contribution is 2.22. The van der Waals surface area contributed by atoms with E-state index in [0.717, 1.165) is 6.07 Å². The van der Waals surface area contributed by atoms with E-state index in [1.54, 1.807) is 6.92 Å². The summed E-state index contributed by atoms with van der Waals surface area (Å²) in [5.41, 5.74) is 0.337. The van der Waals surface area contributed by atoms with E-state index in [4.69, 9.17) is 9.52 Å². The highest BCUT2D eigenvalue weighted by Gasteiger charge is 2.11. The molecule has 7 heteroatoms. The highest BCUT2D eigenvalue weighted by molar-refractivity contribution is 7.98. The lowest BCUT2D eigenvalue weighted by Gasteiger charge is -2.01. The molecule has 2 rings (SSSR count). The lowest BCUT2D eigenvalue weighted by molar-refractivity contribution is 0.0692. The summed E-state index contributed by atoms with van der Waals surface area (Å²) in [6.45, 7) is 1.68. The zero-order chi connectivity index (χ0) is 13.1. The average Bonchev–Trinajstić information content (AvgIpc) is 2.74. The predicted molar refractivity (Wildman–Crippen MR) is 62.0 cm³/mol. The molecular formula is C11H9FN2O3S. The number of rotatable bonds is 4. The molecule has 0 amide bonds. The van der Waals surface area contributed by atoms with Crippen molar-refractivity contribution in [3.05, 3.63) is 41.0 Å². The highest BCUT2D eigenvalue weighted by atomic mass is 32.2. The number of carbonyl (C=O) groups is 1. The van der Waals surface area contributed by atoms with Gasteiger partial charge in [-0.1, -0.05) is 17.8 Å². The van der Waals surface area contributed by atoms with Gasteiger partial charge in [-0.05, 0) is 17.7 Å². The van der Waals surface area contributed by atoms with Gasteiger partial charge >= 0.3 is 5.97 Å². The van der Waals surface area contributed by atoms with Gasteiger partial charge in [0.15, 0.2) is 0 Å². The van der Waals surface area contributed by atoms with Gasteiger partial charge in [0.25, 0.3) is 5.22 Å². The quantitative estimate of drug-likeness (QED) is 0.858. The number of thioether (sulfide) groups is 1. The molecule has 0 saturated heterocycles. The Morgan fingerprint density at radius 1 is 1.50 bits per heavy atom. The predicted octanol–water partition coefficient (Wildman–Crippen LogP) is 2.51. The second-order valence-electron chi connectivity index (χ2n) is 3.50. The van der Waals surface area contributed by atoms with Crippen LogP contribution in [0.15, 0.2) is 27.8 Å². The van der Waals surface area contributed by atoms with Gasteiger partial charge < -0.3 is 9.52 Å². The fourth-order valence-corrected chi connectivity index (χ4v) is 2.06. The van der Waals surface area contributed by atoms with Gasteiger partial charge in [-0.15, -0.1) is 10.2 Å². The van der Waals surface area contributed by atoms with Crippen LogP contribution in [0.3, 0.4) is 0 Å². The van der Waals surface area contributed by atoms with E-state index in [0.29, 0.717) is 22.4 Å². The first-order chi connectivity index (χ1) is 8.56. The summed E-state index contributed by atoms with van der Waals surface area (Å²) in [5.74, 6) is -1.14. The molecule has 94 valence electrons. The number of carboxylic acid groups (broad SMARTS) is 1. The Morgan fingerprint density at radius 3 is 2.89 bits per heavy atom. The largest absolute Gasteiger partial charge is 0.478 e. The summed E-state index contributed by atoms with van der Waals surface area (Å²) >= 11 is 1.26. The van der Waals surface area contributed by atoms with Crippen molar-refractivity contribution in [2.75, 3.05) is 0 Å². The topological polar surface area (TPSA) is 76.2 Å². The molecule has 0 radical (unpaired) electrons. The Labute approximate surface area is 106 Å². The van der Waals surface area contributed by atoms with Crippen LogP contribution in [0, 0.1) is 12.7 Å². The maximum Gasteiger partial charge on any atom is 0.338 e. The van der Waals surface area contributed by atoms with Gasteiger partial charge in [-0.3, -0.25) is 0 Å². The molecule has 0 saturated carbocycles. The van der Waals surface area contributed by atoms with Crippen LogP contribution in [0.5, 0.6) is 0 Å². The van der Waals surface area contributed by atoms with Gasteiger partial charge in [0.05, 0.1) is 5.56 Å². The Hall–Kier alpha value is -1.89. The number of aromatic nitrogens is 2. The lowest BCUT2D eigenvalue weighted by Crippen LogP contribution is -2.01. The maximum absolute atomic E-state index is 13.2. The SMILES string of the molecule is Cc1nnc(SCc2ccc(F)c(C(=O)O)c2)o1. The molecule has 18 heavy (non-hydrogen) atoms. The average molecular weight is 268 g/mol. The molecule has 0 bridgehead atoms.